The zero-order valence-electron chi connectivity index (χ0n) is 25.0. The number of hydrogen-bond donors (Lipinski definition) is 1. The predicted molar refractivity (Wildman–Crippen MR) is 154 cm³/mol. The van der Waals surface area contributed by atoms with Crippen molar-refractivity contribution in [1.29, 1.82) is 5.26 Å². The third-order valence-electron chi connectivity index (χ3n) is 11.9. The summed E-state index contributed by atoms with van der Waals surface area (Å²) in [5.41, 5.74) is 0.195. The van der Waals surface area contributed by atoms with Gasteiger partial charge in [0.1, 0.15) is 13.2 Å². The van der Waals surface area contributed by atoms with Crippen molar-refractivity contribution in [3.63, 3.8) is 0 Å². The van der Waals surface area contributed by atoms with Crippen molar-refractivity contribution < 1.29 is 19.3 Å². The number of nitriles is 1. The molecule has 0 spiro atoms. The van der Waals surface area contributed by atoms with Gasteiger partial charge in [-0.15, -0.1) is 0 Å². The van der Waals surface area contributed by atoms with E-state index < -0.39 is 0 Å². The Hall–Kier alpha value is -1.69. The molecule has 7 nitrogen and oxygen atoms in total. The number of hydrogen-bond acceptors (Lipinski definition) is 5. The maximum absolute atomic E-state index is 9.55. The van der Waals surface area contributed by atoms with Gasteiger partial charge in [-0.25, -0.2) is 13.1 Å². The summed E-state index contributed by atoms with van der Waals surface area (Å²) in [7, 11) is 0. The van der Waals surface area contributed by atoms with Crippen molar-refractivity contribution in [2.45, 2.75) is 103 Å². The first-order valence-electron chi connectivity index (χ1n) is 15.8. The minimum Gasteiger partial charge on any atom is -0.396 e. The molecule has 0 aromatic carbocycles. The molecule has 222 valence electrons. The van der Waals surface area contributed by atoms with Crippen LogP contribution in [0, 0.1) is 70.8 Å². The van der Waals surface area contributed by atoms with Gasteiger partial charge in [0.25, 0.3) is 0 Å². The van der Waals surface area contributed by atoms with Crippen LogP contribution in [0.5, 0.6) is 0 Å². The number of aliphatic hydroxyl groups is 1. The second-order valence-electron chi connectivity index (χ2n) is 13.6. The second-order valence-corrected chi connectivity index (χ2v) is 13.6. The molecule has 0 amide bonds. The van der Waals surface area contributed by atoms with Crippen LogP contribution < -0.4 is 0 Å². The van der Waals surface area contributed by atoms with E-state index in [-0.39, 0.29) is 35.7 Å². The lowest BCUT2D eigenvalue weighted by atomic mass is 9.43. The number of rotatable bonds is 13. The quantitative estimate of drug-likeness (QED) is 0.218. The van der Waals surface area contributed by atoms with Crippen molar-refractivity contribution in [3.8, 4) is 6.07 Å². The van der Waals surface area contributed by atoms with Crippen LogP contribution in [0.3, 0.4) is 0 Å². The molecular weight excluding hydrogens is 502 g/mol. The molecule has 1 N–H and O–H groups in total. The zero-order chi connectivity index (χ0) is 28.8. The fourth-order valence-corrected chi connectivity index (χ4v) is 10.0. The van der Waals surface area contributed by atoms with Crippen LogP contribution in [0.1, 0.15) is 85.0 Å². The van der Waals surface area contributed by atoms with E-state index in [1.165, 1.54) is 12.8 Å². The van der Waals surface area contributed by atoms with Crippen molar-refractivity contribution in [2.75, 3.05) is 39.5 Å². The summed E-state index contributed by atoms with van der Waals surface area (Å²) in [6.45, 7) is 24.4. The molecule has 4 rings (SSSR count). The number of nitrogens with zero attached hydrogens (tertiary/aromatic N) is 3. The normalized spacial score (nSPS) is 41.0. The summed E-state index contributed by atoms with van der Waals surface area (Å²) < 4.78 is 19.5. The summed E-state index contributed by atoms with van der Waals surface area (Å²) in [6, 6.07) is 2.28. The second kappa shape index (κ2) is 14.0. The van der Waals surface area contributed by atoms with Gasteiger partial charge in [0.05, 0.1) is 37.4 Å². The fraction of sp³-hybridized carbons (Fsp3) is 0.909. The first kappa shape index (κ1) is 31.3. The van der Waals surface area contributed by atoms with E-state index >= 15 is 0 Å². The molecule has 0 saturated heterocycles. The molecule has 4 fully saturated rings. The molecule has 4 aliphatic rings. The average molecular weight is 554 g/mol. The van der Waals surface area contributed by atoms with Crippen molar-refractivity contribution in [3.05, 3.63) is 22.8 Å². The summed E-state index contributed by atoms with van der Waals surface area (Å²) in [5, 5.41) is 18.8. The van der Waals surface area contributed by atoms with Crippen molar-refractivity contribution >= 4 is 0 Å². The number of fused-ring (bicyclic) bond motifs is 5. The highest BCUT2D eigenvalue weighted by molar-refractivity contribution is 5.15. The third-order valence-corrected chi connectivity index (χ3v) is 11.9. The topological polar surface area (TPSA) is 80.4 Å². The Bertz CT molecular complexity index is 955. The minimum absolute atomic E-state index is 0.0121. The molecule has 2 unspecified atom stereocenters. The predicted octanol–water partition coefficient (Wildman–Crippen LogP) is 6.18. The molecule has 0 aliphatic heterocycles. The van der Waals surface area contributed by atoms with Crippen LogP contribution in [0.25, 0.3) is 9.69 Å². The lowest BCUT2D eigenvalue weighted by molar-refractivity contribution is -0.226. The molecule has 11 atom stereocenters. The summed E-state index contributed by atoms with van der Waals surface area (Å²) in [4.78, 5) is 7.06. The van der Waals surface area contributed by atoms with Gasteiger partial charge in [-0.3, -0.25) is 0 Å². The summed E-state index contributed by atoms with van der Waals surface area (Å²) >= 11 is 0. The van der Waals surface area contributed by atoms with Gasteiger partial charge in [-0.05, 0) is 98.7 Å². The molecule has 0 aromatic rings. The van der Waals surface area contributed by atoms with E-state index in [0.717, 1.165) is 44.9 Å². The van der Waals surface area contributed by atoms with Gasteiger partial charge in [0.15, 0.2) is 0 Å². The molecule has 7 heteroatoms. The van der Waals surface area contributed by atoms with Crippen LogP contribution in [-0.2, 0) is 14.2 Å². The highest BCUT2D eigenvalue weighted by Crippen LogP contribution is 2.69. The molecule has 40 heavy (non-hydrogen) atoms. The molecule has 4 saturated carbocycles. The van der Waals surface area contributed by atoms with Gasteiger partial charge in [-0.2, -0.15) is 5.26 Å². The Balaban J connectivity index is 1.66. The van der Waals surface area contributed by atoms with E-state index in [9.17, 15) is 10.4 Å². The molecule has 4 aliphatic carbocycles. The Morgan fingerprint density at radius 2 is 1.73 bits per heavy atom. The number of aliphatic hydroxyl groups excluding tert-OH is 1. The Labute approximate surface area is 242 Å². The van der Waals surface area contributed by atoms with Crippen LogP contribution in [0.15, 0.2) is 0 Å². The molecule has 0 radical (unpaired) electrons. The van der Waals surface area contributed by atoms with Crippen molar-refractivity contribution in [1.82, 2.24) is 0 Å². The Morgan fingerprint density at radius 3 is 2.42 bits per heavy atom. The van der Waals surface area contributed by atoms with Gasteiger partial charge in [0.2, 0.25) is 13.1 Å². The van der Waals surface area contributed by atoms with Crippen molar-refractivity contribution in [2.24, 2.45) is 46.3 Å². The van der Waals surface area contributed by atoms with Crippen LogP contribution in [0.4, 0.5) is 0 Å². The molecule has 0 aromatic heterocycles. The van der Waals surface area contributed by atoms with E-state index in [2.05, 4.69) is 36.5 Å². The average Bonchev–Trinajstić information content (AvgIpc) is 3.31. The van der Waals surface area contributed by atoms with Gasteiger partial charge < -0.3 is 29.0 Å². The largest absolute Gasteiger partial charge is 0.396 e. The third kappa shape index (κ3) is 6.08. The Morgan fingerprint density at radius 1 is 0.975 bits per heavy atom. The van der Waals surface area contributed by atoms with Crippen LogP contribution >= 0.6 is 0 Å². The van der Waals surface area contributed by atoms with Gasteiger partial charge >= 0.3 is 0 Å². The smallest absolute Gasteiger partial charge is 0.237 e. The monoisotopic (exact) mass is 553 g/mol. The standard InChI is InChI=1S/C33H51N3O4/c1-23(8-6-16-37)26-9-10-27-31-28(22-30(33(26,27)3)40-19-15-36-5)32(2)12-11-25(38-18-14-35-4)20-24(32)21-29(31)39-17-7-13-34/h23-31,37H,6-12,14-22H2,1-3H3/t23-,24?,25-,26-,27+,28+,29-,30+,31?,32+,33-/m1/s1. The summed E-state index contributed by atoms with van der Waals surface area (Å²) in [6.07, 6.45) is 10.3. The first-order chi connectivity index (χ1) is 19.3. The minimum atomic E-state index is 0.0121. The molecular formula is C33H51N3O4. The van der Waals surface area contributed by atoms with E-state index in [1.54, 1.807) is 0 Å². The lowest BCUT2D eigenvalue weighted by Gasteiger charge is -2.64. The van der Waals surface area contributed by atoms with Crippen LogP contribution in [0.2, 0.25) is 0 Å². The molecule has 0 bridgehead atoms. The van der Waals surface area contributed by atoms with E-state index in [4.69, 9.17) is 27.4 Å². The Kier molecular flexibility index (Phi) is 10.9. The van der Waals surface area contributed by atoms with Gasteiger partial charge in [-0.1, -0.05) is 20.8 Å². The van der Waals surface area contributed by atoms with Crippen LogP contribution in [-0.4, -0.2) is 62.9 Å². The highest BCUT2D eigenvalue weighted by atomic mass is 16.5. The maximum atomic E-state index is 9.55. The zero-order valence-corrected chi connectivity index (χ0v) is 25.0. The first-order valence-corrected chi connectivity index (χ1v) is 15.8. The SMILES string of the molecule is [C-]#[N+]CCO[C@@H]1CC[C@@]2(C)C(C1)C[C@@H](OCCC#N)C1[C@@H]3CC[C@H]([C@H](C)CCCO)[C@@]3(C)[C@@H](OCC[N+]#[C-])C[C@@H]12. The number of ether oxygens (including phenoxy) is 3. The maximum Gasteiger partial charge on any atom is 0.237 e. The van der Waals surface area contributed by atoms with E-state index in [0.29, 0.717) is 74.8 Å². The van der Waals surface area contributed by atoms with E-state index in [1.807, 2.05) is 0 Å². The highest BCUT2D eigenvalue weighted by Gasteiger charge is 2.66. The lowest BCUT2D eigenvalue weighted by Crippen LogP contribution is -2.63. The fourth-order valence-electron chi connectivity index (χ4n) is 10.0. The van der Waals surface area contributed by atoms with Gasteiger partial charge in [0, 0.05) is 12.0 Å². The summed E-state index contributed by atoms with van der Waals surface area (Å²) in [5.74, 6) is 2.94. The molecule has 0 heterocycles.